The highest BCUT2D eigenvalue weighted by molar-refractivity contribution is 7.53. The molecule has 512 valence electrons. The van der Waals surface area contributed by atoms with Gasteiger partial charge in [0.05, 0.1) is 28.7 Å². The number of aliphatic hydroxyl groups is 1. The van der Waals surface area contributed by atoms with Gasteiger partial charge in [-0.15, -0.1) is 0 Å². The molecule has 0 radical (unpaired) electrons. The van der Waals surface area contributed by atoms with E-state index in [1.54, 1.807) is 39.0 Å². The molecule has 0 saturated carbocycles. The summed E-state index contributed by atoms with van der Waals surface area (Å²) in [6, 6.07) is 4.31. The normalized spacial score (nSPS) is 25.8. The standard InChI is InChI=1S/C67H90N7O19P/c1-14-49(77)89-34-90-65(85)69-47(22-23-48(76)68-45-20-18-44(19-21-45)30-46(33-75)94(86,87)88)64(84)73(13)32-50(78)92-60-37(5)16-15-17-38(6)63(83)70-56-55-54(71-67(72-55)25-27-74(28-26-67)31-35(2)3)51-52(59(56)81)58(80)43(11)61-53(51)62(82)66(12,93-61)91-29-24-36(4)39(7)40(8)41(9)57(79)42(60)10/h15-21,24,29,33,35-37,39-42,46-47,57,60,79-81H,14,22-23,25-28,30-32,34H2,1-13H3,(H,68,76)(H,69,85)(H,70,83)(H2,86,87,88)/b16-15+,29-24+,38-17-/t36-,37-,39+,40+,41-,42-,46?,47-,57-,60-,66-/m0/s1. The SMILES string of the molecule is CCC(=O)OCOC(=O)N[C@@H](CCC(=O)Nc1ccc(CC(C=O)P(=O)(O)O)cc1)C(=O)N(C)CC(=O)O[C@@H]1[C@@H](C)[C@@H](O)[C@@H](C)[C@H](C)[C@H](C)[C@@H](C)/C=C/O[C@@]2(C)Oc3c(C)c(O)c4c(O)c(c5c(c4c3C2=O)=NC2(CCN(CC(C)C)CC2)N=5)NC(=O)/C(C)=C\C=C\[C@@H]1C. The van der Waals surface area contributed by atoms with Crippen LogP contribution in [0, 0.1) is 48.3 Å². The number of esters is 2. The maximum atomic E-state index is 14.9. The van der Waals surface area contributed by atoms with E-state index in [0.717, 1.165) is 11.4 Å². The number of likely N-dealkylation sites (tertiary alicyclic amines) is 1. The fourth-order valence-electron chi connectivity index (χ4n) is 12.3. The lowest BCUT2D eigenvalue weighted by atomic mass is 9.72. The first-order valence-electron chi connectivity index (χ1n) is 31.8. The van der Waals surface area contributed by atoms with Crippen LogP contribution in [0.4, 0.5) is 16.2 Å². The number of aldehydes is 1. The van der Waals surface area contributed by atoms with Gasteiger partial charge < -0.3 is 79.3 Å². The fourth-order valence-corrected chi connectivity index (χ4v) is 12.9. The zero-order chi connectivity index (χ0) is 69.5. The number of nitrogens with zero attached hydrogens (tertiary/aromatic N) is 4. The van der Waals surface area contributed by atoms with Gasteiger partial charge in [-0.25, -0.2) is 4.79 Å². The number of phenolic OH excluding ortho intramolecular Hbond substituents is 2. The van der Waals surface area contributed by atoms with E-state index in [-0.39, 0.29) is 105 Å². The molecular weight excluding hydrogens is 1240 g/mol. The lowest BCUT2D eigenvalue weighted by molar-refractivity contribution is -0.161. The minimum absolute atomic E-state index is 0.0170. The summed E-state index contributed by atoms with van der Waals surface area (Å²) in [7, 11) is -3.45. The second-order valence-electron chi connectivity index (χ2n) is 26.0. The summed E-state index contributed by atoms with van der Waals surface area (Å²) in [6.45, 7) is 22.3. The number of carbonyl (C=O) groups is 8. The van der Waals surface area contributed by atoms with Crippen LogP contribution in [0.5, 0.6) is 17.2 Å². The van der Waals surface area contributed by atoms with E-state index in [9.17, 15) is 68.0 Å². The molecule has 3 aromatic carbocycles. The van der Waals surface area contributed by atoms with Crippen LogP contribution in [0.3, 0.4) is 0 Å². The number of allylic oxidation sites excluding steroid dienone is 3. The molecule has 1 unspecified atom stereocenters. The molecule has 26 nitrogen and oxygen atoms in total. The number of fused-ring (bicyclic) bond motifs is 13. The number of rotatable bonds is 18. The summed E-state index contributed by atoms with van der Waals surface area (Å²) < 4.78 is 40.3. The zero-order valence-electron chi connectivity index (χ0n) is 55.6. The van der Waals surface area contributed by atoms with Gasteiger partial charge in [-0.2, -0.15) is 0 Å². The molecule has 4 amide bonds. The van der Waals surface area contributed by atoms with E-state index in [2.05, 4.69) is 34.7 Å². The number of carbonyl (C=O) groups excluding carboxylic acids is 8. The molecule has 3 aromatic rings. The lowest BCUT2D eigenvalue weighted by Crippen LogP contribution is -2.50. The van der Waals surface area contributed by atoms with Crippen LogP contribution in [0.2, 0.25) is 0 Å². The summed E-state index contributed by atoms with van der Waals surface area (Å²) in [5.41, 5.74) is -1.76. The number of Topliss-reactive ketones (excluding diaryl/α,β-unsaturated/α-hetero) is 1. The van der Waals surface area contributed by atoms with Crippen LogP contribution < -0.4 is 31.4 Å². The monoisotopic (exact) mass is 1330 g/mol. The molecule has 1 spiro atoms. The average Bonchev–Trinajstić information content (AvgIpc) is 1.51. The van der Waals surface area contributed by atoms with Crippen molar-refractivity contribution in [1.82, 2.24) is 15.1 Å². The number of alkyl carbamates (subject to hydrolysis) is 1. The van der Waals surface area contributed by atoms with Gasteiger partial charge in [0.2, 0.25) is 18.6 Å². The first-order valence-corrected chi connectivity index (χ1v) is 33.4. The van der Waals surface area contributed by atoms with E-state index in [4.69, 9.17) is 33.7 Å². The number of aliphatic hydroxyl groups excluding tert-OH is 1. The molecule has 5 heterocycles. The number of ether oxygens (including phenoxy) is 5. The van der Waals surface area contributed by atoms with Crippen molar-refractivity contribution in [3.63, 3.8) is 0 Å². The van der Waals surface area contributed by atoms with Crippen molar-refractivity contribution in [3.8, 4) is 17.2 Å². The first-order chi connectivity index (χ1) is 44.1. The molecule has 1 saturated heterocycles. The summed E-state index contributed by atoms with van der Waals surface area (Å²) >= 11 is 0. The number of amides is 4. The molecule has 94 heavy (non-hydrogen) atoms. The highest BCUT2D eigenvalue weighted by Crippen LogP contribution is 2.50. The van der Waals surface area contributed by atoms with Crippen molar-refractivity contribution in [1.29, 1.82) is 0 Å². The maximum absolute atomic E-state index is 14.9. The van der Waals surface area contributed by atoms with Crippen LogP contribution in [0.1, 0.15) is 130 Å². The molecular formula is C67H90N7O19P. The molecule has 8 N–H and O–H groups in total. The predicted octanol–water partition coefficient (Wildman–Crippen LogP) is 6.80. The van der Waals surface area contributed by atoms with Crippen LogP contribution in [-0.4, -0.2) is 158 Å². The number of phenols is 2. The number of hydrogen-bond acceptors (Lipinski definition) is 20. The van der Waals surface area contributed by atoms with Gasteiger partial charge in [0.25, 0.3) is 11.7 Å². The Hall–Kier alpha value is -8.03. The van der Waals surface area contributed by atoms with Crippen LogP contribution >= 0.6 is 7.60 Å². The Bertz CT molecular complexity index is 3670. The average molecular weight is 1330 g/mol. The summed E-state index contributed by atoms with van der Waals surface area (Å²) in [6.07, 6.45) is 4.66. The van der Waals surface area contributed by atoms with Gasteiger partial charge in [0.15, 0.2) is 11.4 Å². The van der Waals surface area contributed by atoms with Gasteiger partial charge in [-0.1, -0.05) is 92.7 Å². The number of likely N-dealkylation sites (N-methyl/N-ethyl adjacent to an activating group) is 1. The molecule has 27 heteroatoms. The van der Waals surface area contributed by atoms with Crippen molar-refractivity contribution in [2.45, 2.75) is 157 Å². The van der Waals surface area contributed by atoms with Crippen molar-refractivity contribution < 1.29 is 91.7 Å². The minimum atomic E-state index is -4.71. The number of benzene rings is 3. The zero-order valence-corrected chi connectivity index (χ0v) is 56.5. The van der Waals surface area contributed by atoms with Crippen LogP contribution in [0.15, 0.2) is 70.4 Å². The maximum Gasteiger partial charge on any atom is 0.410 e. The highest BCUT2D eigenvalue weighted by atomic mass is 31.2. The van der Waals surface area contributed by atoms with E-state index in [1.165, 1.54) is 64.4 Å². The number of nitrogens with one attached hydrogen (secondary N) is 3. The third-order valence-corrected chi connectivity index (χ3v) is 19.7. The van der Waals surface area contributed by atoms with E-state index >= 15 is 0 Å². The van der Waals surface area contributed by atoms with E-state index < -0.39 is 127 Å². The highest BCUT2D eigenvalue weighted by Gasteiger charge is 2.50. The Morgan fingerprint density at radius 1 is 0.894 bits per heavy atom. The first kappa shape index (κ1) is 73.4. The topological polar surface area (TPSA) is 368 Å². The Labute approximate surface area is 546 Å². The van der Waals surface area contributed by atoms with Gasteiger partial charge in [-0.05, 0) is 80.1 Å². The van der Waals surface area contributed by atoms with Crippen molar-refractivity contribution in [2.75, 3.05) is 50.7 Å². The molecule has 8 rings (SSSR count). The Morgan fingerprint density at radius 3 is 2.18 bits per heavy atom. The van der Waals surface area contributed by atoms with Crippen LogP contribution in [0.25, 0.3) is 10.8 Å². The minimum Gasteiger partial charge on any atom is -0.507 e. The second kappa shape index (κ2) is 30.6. The molecule has 0 aliphatic carbocycles. The molecule has 1 fully saturated rings. The Balaban J connectivity index is 1.17. The molecule has 5 aliphatic heterocycles. The second-order valence-corrected chi connectivity index (χ2v) is 27.8. The Morgan fingerprint density at radius 2 is 1.55 bits per heavy atom. The number of ketones is 1. The summed E-state index contributed by atoms with van der Waals surface area (Å²) in [5, 5.41) is 44.8. The number of hydrogen-bond donors (Lipinski definition) is 8. The largest absolute Gasteiger partial charge is 0.507 e. The summed E-state index contributed by atoms with van der Waals surface area (Å²) in [4.78, 5) is 140. The number of anilines is 2. The third kappa shape index (κ3) is 16.9. The van der Waals surface area contributed by atoms with E-state index in [0.29, 0.717) is 37.4 Å². The fraction of sp³-hybridized carbons (Fsp3) is 0.552. The molecule has 5 bridgehead atoms. The van der Waals surface area contributed by atoms with Gasteiger partial charge >= 0.3 is 31.4 Å². The number of piperidine rings is 1. The van der Waals surface area contributed by atoms with Crippen molar-refractivity contribution >= 4 is 77.6 Å². The Kier molecular flexibility index (Phi) is 23.9. The quantitative estimate of drug-likeness (QED) is 0.0213. The van der Waals surface area contributed by atoms with Crippen LogP contribution in [-0.2, 0) is 58.7 Å². The smallest absolute Gasteiger partial charge is 0.410 e. The molecule has 11 atom stereocenters. The third-order valence-electron chi connectivity index (χ3n) is 18.6. The predicted molar refractivity (Wildman–Crippen MR) is 346 cm³/mol. The van der Waals surface area contributed by atoms with Crippen molar-refractivity contribution in [3.05, 3.63) is 87.8 Å². The lowest BCUT2D eigenvalue weighted by Gasteiger charge is -2.38. The number of aromatic hydroxyl groups is 2. The summed E-state index contributed by atoms with van der Waals surface area (Å²) in [5.74, 6) is -9.31. The molecule has 0 aromatic heterocycles. The van der Waals surface area contributed by atoms with Gasteiger partial charge in [0, 0.05) is 93.3 Å². The van der Waals surface area contributed by atoms with Gasteiger partial charge in [-0.3, -0.25) is 43.3 Å². The van der Waals surface area contributed by atoms with E-state index in [1.807, 2.05) is 27.7 Å². The van der Waals surface area contributed by atoms with Crippen molar-refractivity contribution in [2.24, 2.45) is 51.4 Å². The van der Waals surface area contributed by atoms with Gasteiger partial charge in [0.1, 0.15) is 53.2 Å². The molecule has 5 aliphatic rings.